The Balaban J connectivity index is 1.25. The maximum atomic E-state index is 12.3. The van der Waals surface area contributed by atoms with Crippen LogP contribution in [0.4, 0.5) is 0 Å². The summed E-state index contributed by atoms with van der Waals surface area (Å²) in [6, 6.07) is 0. The summed E-state index contributed by atoms with van der Waals surface area (Å²) in [4.78, 5) is 12.3. The highest BCUT2D eigenvalue weighted by molar-refractivity contribution is 5.71. The molecule has 0 aromatic rings. The Labute approximate surface area is 215 Å². The number of aliphatic hydroxyl groups excluding tert-OH is 1. The van der Waals surface area contributed by atoms with E-state index in [9.17, 15) is 15.0 Å². The maximum absolute atomic E-state index is 12.3. The van der Waals surface area contributed by atoms with Crippen molar-refractivity contribution in [3.05, 3.63) is 0 Å². The monoisotopic (exact) mass is 502 g/mol. The van der Waals surface area contributed by atoms with Gasteiger partial charge in [0.1, 0.15) is 11.2 Å². The van der Waals surface area contributed by atoms with E-state index >= 15 is 0 Å². The Morgan fingerprint density at radius 3 is 2.17 bits per heavy atom. The van der Waals surface area contributed by atoms with Crippen molar-refractivity contribution in [1.29, 1.82) is 0 Å². The minimum Gasteiger partial charge on any atom is -0.459 e. The van der Waals surface area contributed by atoms with Crippen LogP contribution >= 0.6 is 0 Å². The number of esters is 1. The maximum Gasteiger partial charge on any atom is 0.306 e. The topological polar surface area (TPSA) is 85.2 Å². The highest BCUT2D eigenvalue weighted by atomic mass is 16.8. The number of fused-ring (bicyclic) bond motifs is 6. The van der Waals surface area contributed by atoms with Gasteiger partial charge in [0.15, 0.2) is 12.6 Å². The van der Waals surface area contributed by atoms with E-state index in [2.05, 4.69) is 34.6 Å². The van der Waals surface area contributed by atoms with Gasteiger partial charge in [0, 0.05) is 24.2 Å². The molecular weight excluding hydrogens is 456 g/mol. The standard InChI is InChI=1S/C30H46O6/c1-26(2)16-10-13-29(6)15(7-8-19(31)35-29)20(21(16)26)24-34-25(32)30(36-24)14-11-18-23(30)22-17(27(22,3)4)9-12-28(18,5)33/h15-18,20-25,32-33H,7-14H2,1-6H3/t15-,16-,17-,18-,20-,21-,22-,23-,24+,25-,28-,29-,30+/m0/s1. The highest BCUT2D eigenvalue weighted by Gasteiger charge is 2.76. The molecule has 13 atom stereocenters. The number of carbonyl (C=O) groups is 1. The molecule has 0 amide bonds. The summed E-state index contributed by atoms with van der Waals surface area (Å²) in [6.45, 7) is 13.6. The Kier molecular flexibility index (Phi) is 4.79. The highest BCUT2D eigenvalue weighted by Crippen LogP contribution is 2.75. The first-order valence-electron chi connectivity index (χ1n) is 14.7. The molecule has 1 spiro atoms. The van der Waals surface area contributed by atoms with E-state index in [4.69, 9.17) is 14.2 Å². The van der Waals surface area contributed by atoms with E-state index in [1.54, 1.807) is 0 Å². The van der Waals surface area contributed by atoms with Crippen LogP contribution in [0.5, 0.6) is 0 Å². The average molecular weight is 503 g/mol. The van der Waals surface area contributed by atoms with Crippen molar-refractivity contribution in [2.75, 3.05) is 0 Å². The molecule has 6 nitrogen and oxygen atoms in total. The lowest BCUT2D eigenvalue weighted by Gasteiger charge is -2.46. The van der Waals surface area contributed by atoms with Gasteiger partial charge in [-0.15, -0.1) is 0 Å². The van der Waals surface area contributed by atoms with Gasteiger partial charge in [0.25, 0.3) is 0 Å². The van der Waals surface area contributed by atoms with Gasteiger partial charge >= 0.3 is 5.97 Å². The molecule has 0 unspecified atom stereocenters. The van der Waals surface area contributed by atoms with Gasteiger partial charge in [-0.25, -0.2) is 0 Å². The molecule has 2 N–H and O–H groups in total. The molecule has 0 aromatic carbocycles. The van der Waals surface area contributed by atoms with E-state index < -0.39 is 29.4 Å². The van der Waals surface area contributed by atoms with Crippen molar-refractivity contribution in [3.63, 3.8) is 0 Å². The van der Waals surface area contributed by atoms with Crippen LogP contribution < -0.4 is 0 Å². The summed E-state index contributed by atoms with van der Waals surface area (Å²) in [7, 11) is 0. The van der Waals surface area contributed by atoms with Crippen LogP contribution in [0, 0.1) is 58.2 Å². The first-order chi connectivity index (χ1) is 16.7. The number of rotatable bonds is 1. The summed E-state index contributed by atoms with van der Waals surface area (Å²) >= 11 is 0. The molecule has 0 radical (unpaired) electrons. The summed E-state index contributed by atoms with van der Waals surface area (Å²) < 4.78 is 19.7. The molecule has 7 fully saturated rings. The van der Waals surface area contributed by atoms with Crippen LogP contribution in [-0.4, -0.2) is 45.6 Å². The third-order valence-corrected chi connectivity index (χ3v) is 13.2. The SMILES string of the molecule is CC1(C)[C@@H]2[C@@H]([C@@H]3O[C@H](O)[C@]4(CC[C@H]5[C@H]4[C@@H]4[C@H](CC[C@]5(C)O)C4(C)C)O3)[C@@H]3CCC(=O)O[C@@]3(C)CC[C@@H]21. The predicted octanol–water partition coefficient (Wildman–Crippen LogP) is 4.65. The molecule has 6 heteroatoms. The molecule has 36 heavy (non-hydrogen) atoms. The number of ether oxygens (including phenoxy) is 3. The zero-order valence-corrected chi connectivity index (χ0v) is 23.0. The Hall–Kier alpha value is -0.690. The van der Waals surface area contributed by atoms with Gasteiger partial charge in [-0.05, 0) is 99.2 Å². The molecule has 7 rings (SSSR count). The quantitative estimate of drug-likeness (QED) is 0.508. The summed E-state index contributed by atoms with van der Waals surface area (Å²) in [5, 5.41) is 23.2. The first-order valence-corrected chi connectivity index (χ1v) is 14.7. The largest absolute Gasteiger partial charge is 0.459 e. The van der Waals surface area contributed by atoms with Crippen LogP contribution in [0.15, 0.2) is 0 Å². The second kappa shape index (κ2) is 7.08. The molecule has 2 saturated heterocycles. The molecule has 2 aliphatic heterocycles. The third-order valence-electron chi connectivity index (χ3n) is 13.2. The van der Waals surface area contributed by atoms with E-state index in [1.165, 1.54) is 0 Å². The third kappa shape index (κ3) is 2.96. The second-order valence-corrected chi connectivity index (χ2v) is 15.5. The second-order valence-electron chi connectivity index (χ2n) is 15.5. The van der Waals surface area contributed by atoms with Crippen LogP contribution in [0.25, 0.3) is 0 Å². The lowest BCUT2D eigenvalue weighted by Crippen LogP contribution is -2.51. The van der Waals surface area contributed by atoms with Gasteiger partial charge in [-0.2, -0.15) is 0 Å². The lowest BCUT2D eigenvalue weighted by molar-refractivity contribution is -0.206. The normalized spacial score (nSPS) is 60.2. The Bertz CT molecular complexity index is 972. The fraction of sp³-hybridized carbons (Fsp3) is 0.967. The fourth-order valence-corrected chi connectivity index (χ4v) is 11.1. The van der Waals surface area contributed by atoms with Gasteiger partial charge in [0.05, 0.1) is 5.60 Å². The molecule has 5 aliphatic carbocycles. The fourth-order valence-electron chi connectivity index (χ4n) is 11.1. The smallest absolute Gasteiger partial charge is 0.306 e. The first kappa shape index (κ1) is 24.4. The van der Waals surface area contributed by atoms with Crippen molar-refractivity contribution in [2.45, 2.75) is 122 Å². The molecule has 0 bridgehead atoms. The lowest BCUT2D eigenvalue weighted by atomic mass is 9.70. The minimum atomic E-state index is -0.982. The number of hydrogen-bond acceptors (Lipinski definition) is 6. The molecular formula is C30H46O6. The molecule has 7 aliphatic rings. The van der Waals surface area contributed by atoms with Crippen molar-refractivity contribution in [1.82, 2.24) is 0 Å². The predicted molar refractivity (Wildman–Crippen MR) is 132 cm³/mol. The van der Waals surface area contributed by atoms with Crippen LogP contribution in [-0.2, 0) is 19.0 Å². The minimum absolute atomic E-state index is 0.0894. The number of carbonyl (C=O) groups excluding carboxylic acids is 1. The van der Waals surface area contributed by atoms with Crippen LogP contribution in [0.2, 0.25) is 0 Å². The van der Waals surface area contributed by atoms with Gasteiger partial charge in [-0.3, -0.25) is 4.79 Å². The van der Waals surface area contributed by atoms with Crippen molar-refractivity contribution in [2.24, 2.45) is 58.2 Å². The Morgan fingerprint density at radius 1 is 0.778 bits per heavy atom. The summed E-state index contributed by atoms with van der Waals surface area (Å²) in [6.07, 6.45) is 5.16. The zero-order chi connectivity index (χ0) is 25.6. The summed E-state index contributed by atoms with van der Waals surface area (Å²) in [5.41, 5.74) is -1.58. The van der Waals surface area contributed by atoms with E-state index in [0.717, 1.165) is 44.9 Å². The summed E-state index contributed by atoms with van der Waals surface area (Å²) in [5.74, 6) is 2.39. The zero-order valence-electron chi connectivity index (χ0n) is 23.0. The van der Waals surface area contributed by atoms with Crippen molar-refractivity contribution in [3.8, 4) is 0 Å². The number of hydrogen-bond donors (Lipinski definition) is 2. The van der Waals surface area contributed by atoms with Gasteiger partial charge < -0.3 is 24.4 Å². The average Bonchev–Trinajstić information content (AvgIpc) is 3.38. The Morgan fingerprint density at radius 2 is 1.42 bits per heavy atom. The molecule has 5 saturated carbocycles. The van der Waals surface area contributed by atoms with Crippen molar-refractivity contribution < 1.29 is 29.2 Å². The van der Waals surface area contributed by atoms with E-state index in [0.29, 0.717) is 30.1 Å². The van der Waals surface area contributed by atoms with Crippen LogP contribution in [0.3, 0.4) is 0 Å². The molecule has 2 heterocycles. The van der Waals surface area contributed by atoms with E-state index in [1.807, 2.05) is 6.92 Å². The number of aliphatic hydroxyl groups is 2. The van der Waals surface area contributed by atoms with Gasteiger partial charge in [0.2, 0.25) is 0 Å². The van der Waals surface area contributed by atoms with Gasteiger partial charge in [-0.1, -0.05) is 27.7 Å². The molecule has 0 aromatic heterocycles. The molecule has 202 valence electrons. The van der Waals surface area contributed by atoms with Crippen molar-refractivity contribution >= 4 is 5.97 Å². The van der Waals surface area contributed by atoms with Crippen LogP contribution in [0.1, 0.15) is 92.9 Å². The van der Waals surface area contributed by atoms with E-state index in [-0.39, 0.29) is 40.5 Å².